The average Bonchev–Trinajstić information content (AvgIpc) is 3.23. The first kappa shape index (κ1) is 15.2. The molecule has 20 heavy (non-hydrogen) atoms. The summed E-state index contributed by atoms with van der Waals surface area (Å²) in [5, 5.41) is 0. The molecule has 1 saturated carbocycles. The lowest BCUT2D eigenvalue weighted by Gasteiger charge is -2.31. The van der Waals surface area contributed by atoms with Gasteiger partial charge in [0.2, 0.25) is 0 Å². The molecule has 0 amide bonds. The molecule has 3 nitrogen and oxygen atoms in total. The number of benzene rings is 1. The Morgan fingerprint density at radius 2 is 2.05 bits per heavy atom. The molecular weight excluding hydrogens is 262 g/mol. The van der Waals surface area contributed by atoms with Crippen LogP contribution in [0, 0.1) is 5.92 Å². The Labute approximate surface area is 118 Å². The molecule has 1 aliphatic carbocycles. The van der Waals surface area contributed by atoms with Crippen LogP contribution >= 0.6 is 0 Å². The molecule has 0 saturated heterocycles. The summed E-state index contributed by atoms with van der Waals surface area (Å²) in [7, 11) is 0. The van der Waals surface area contributed by atoms with Crippen molar-refractivity contribution >= 4 is 0 Å². The van der Waals surface area contributed by atoms with Gasteiger partial charge in [-0.05, 0) is 31.4 Å². The van der Waals surface area contributed by atoms with Crippen LogP contribution in [0.1, 0.15) is 31.4 Å². The first-order valence-electron chi connectivity index (χ1n) is 7.13. The smallest absolute Gasteiger partial charge is 0.387 e. The summed E-state index contributed by atoms with van der Waals surface area (Å²) in [6.45, 7) is 1.47. The van der Waals surface area contributed by atoms with Crippen LogP contribution in [0.4, 0.5) is 8.78 Å². The second-order valence-electron chi connectivity index (χ2n) is 5.20. The number of nitrogens with two attached hydrogens (primary N) is 1. The van der Waals surface area contributed by atoms with Gasteiger partial charge in [0.1, 0.15) is 5.75 Å². The second-order valence-corrected chi connectivity index (χ2v) is 5.20. The number of likely N-dealkylation sites (N-methyl/N-ethyl adjacent to an activating group) is 1. The molecule has 0 heterocycles. The van der Waals surface area contributed by atoms with E-state index < -0.39 is 6.61 Å². The normalized spacial score (nSPS) is 16.7. The Kier molecular flexibility index (Phi) is 5.31. The molecule has 1 aliphatic rings. The van der Waals surface area contributed by atoms with E-state index in [1.54, 1.807) is 12.1 Å². The fraction of sp³-hybridized carbons (Fsp3) is 0.600. The first-order valence-corrected chi connectivity index (χ1v) is 7.13. The van der Waals surface area contributed by atoms with Crippen LogP contribution in [0.25, 0.3) is 0 Å². The van der Waals surface area contributed by atoms with E-state index in [1.165, 1.54) is 12.8 Å². The summed E-state index contributed by atoms with van der Waals surface area (Å²) < 4.78 is 29.6. The third-order valence-electron chi connectivity index (χ3n) is 3.75. The summed E-state index contributed by atoms with van der Waals surface area (Å²) >= 11 is 0. The number of halogens is 2. The van der Waals surface area contributed by atoms with E-state index in [2.05, 4.69) is 16.6 Å². The van der Waals surface area contributed by atoms with Crippen molar-refractivity contribution in [1.29, 1.82) is 0 Å². The monoisotopic (exact) mass is 284 g/mol. The number of hydrogen-bond acceptors (Lipinski definition) is 3. The van der Waals surface area contributed by atoms with Crippen LogP contribution in [-0.4, -0.2) is 31.1 Å². The summed E-state index contributed by atoms with van der Waals surface area (Å²) in [5.74, 6) is 0.958. The van der Waals surface area contributed by atoms with Crippen LogP contribution < -0.4 is 10.5 Å². The van der Waals surface area contributed by atoms with Crippen molar-refractivity contribution < 1.29 is 13.5 Å². The predicted molar refractivity (Wildman–Crippen MR) is 74.8 cm³/mol. The minimum atomic E-state index is -2.81. The fourth-order valence-corrected chi connectivity index (χ4v) is 2.54. The van der Waals surface area contributed by atoms with Crippen molar-refractivity contribution in [3.05, 3.63) is 29.8 Å². The number of hydrogen-bond donors (Lipinski definition) is 1. The second kappa shape index (κ2) is 6.99. The van der Waals surface area contributed by atoms with Gasteiger partial charge in [-0.25, -0.2) is 0 Å². The van der Waals surface area contributed by atoms with Gasteiger partial charge in [-0.1, -0.05) is 25.1 Å². The minimum Gasteiger partial charge on any atom is -0.434 e. The van der Waals surface area contributed by atoms with Crippen molar-refractivity contribution in [2.45, 2.75) is 32.4 Å². The Bertz CT molecular complexity index is 424. The standard InChI is InChI=1S/C15H22F2N2O/c1-2-19(10-11-7-8-11)13(9-18)12-5-3-4-6-14(12)20-15(16)17/h3-6,11,13,15H,2,7-10,18H2,1H3. The third-order valence-corrected chi connectivity index (χ3v) is 3.75. The number of rotatable bonds is 8. The maximum atomic E-state index is 12.5. The van der Waals surface area contributed by atoms with Crippen LogP contribution in [0.3, 0.4) is 0 Å². The molecule has 0 bridgehead atoms. The quantitative estimate of drug-likeness (QED) is 0.797. The maximum absolute atomic E-state index is 12.5. The SMILES string of the molecule is CCN(CC1CC1)C(CN)c1ccccc1OC(F)F. The Morgan fingerprint density at radius 1 is 1.35 bits per heavy atom. The highest BCUT2D eigenvalue weighted by Gasteiger charge is 2.29. The van der Waals surface area contributed by atoms with Crippen molar-refractivity contribution in [3.8, 4) is 5.75 Å². The molecule has 1 aromatic rings. The number of nitrogens with zero attached hydrogens (tertiary/aromatic N) is 1. The highest BCUT2D eigenvalue weighted by molar-refractivity contribution is 5.36. The van der Waals surface area contributed by atoms with Crippen molar-refractivity contribution in [2.24, 2.45) is 11.7 Å². The van der Waals surface area contributed by atoms with Crippen molar-refractivity contribution in [3.63, 3.8) is 0 Å². The zero-order chi connectivity index (χ0) is 14.5. The van der Waals surface area contributed by atoms with Crippen LogP contribution in [0.15, 0.2) is 24.3 Å². The summed E-state index contributed by atoms with van der Waals surface area (Å²) in [6, 6.07) is 6.86. The molecule has 0 radical (unpaired) electrons. The van der Waals surface area contributed by atoms with Crippen LogP contribution in [0.2, 0.25) is 0 Å². The molecule has 112 valence electrons. The molecule has 1 aromatic carbocycles. The van der Waals surface area contributed by atoms with Crippen molar-refractivity contribution in [1.82, 2.24) is 4.90 Å². The molecule has 2 N–H and O–H groups in total. The van der Waals surface area contributed by atoms with Gasteiger partial charge in [0.05, 0.1) is 6.04 Å². The molecule has 0 spiro atoms. The van der Waals surface area contributed by atoms with Gasteiger partial charge in [-0.15, -0.1) is 0 Å². The van der Waals surface area contributed by atoms with Gasteiger partial charge in [-0.2, -0.15) is 8.78 Å². The molecule has 1 unspecified atom stereocenters. The number of alkyl halides is 2. The van der Waals surface area contributed by atoms with E-state index in [0.717, 1.165) is 24.6 Å². The molecule has 1 fully saturated rings. The zero-order valence-corrected chi connectivity index (χ0v) is 11.8. The topological polar surface area (TPSA) is 38.5 Å². The molecule has 0 aromatic heterocycles. The molecule has 1 atom stereocenters. The van der Waals surface area contributed by atoms with E-state index in [9.17, 15) is 8.78 Å². The lowest BCUT2D eigenvalue weighted by Crippen LogP contribution is -2.35. The largest absolute Gasteiger partial charge is 0.434 e. The van der Waals surface area contributed by atoms with E-state index in [4.69, 9.17) is 5.73 Å². The van der Waals surface area contributed by atoms with Gasteiger partial charge in [0.15, 0.2) is 0 Å². The van der Waals surface area contributed by atoms with Crippen LogP contribution in [0.5, 0.6) is 5.75 Å². The highest BCUT2D eigenvalue weighted by Crippen LogP contribution is 2.35. The van der Waals surface area contributed by atoms with E-state index in [0.29, 0.717) is 6.54 Å². The Hall–Kier alpha value is -1.20. The molecule has 0 aliphatic heterocycles. The summed E-state index contributed by atoms with van der Waals surface area (Å²) in [5.41, 5.74) is 6.64. The lowest BCUT2D eigenvalue weighted by molar-refractivity contribution is -0.0511. The van der Waals surface area contributed by atoms with Gasteiger partial charge < -0.3 is 10.5 Å². The number of para-hydroxylation sites is 1. The Morgan fingerprint density at radius 3 is 2.60 bits per heavy atom. The average molecular weight is 284 g/mol. The van der Waals surface area contributed by atoms with E-state index in [1.807, 2.05) is 12.1 Å². The summed E-state index contributed by atoms with van der Waals surface area (Å²) in [4.78, 5) is 2.26. The molecule has 2 rings (SSSR count). The van der Waals surface area contributed by atoms with Gasteiger partial charge in [0, 0.05) is 18.7 Å². The fourth-order valence-electron chi connectivity index (χ4n) is 2.54. The maximum Gasteiger partial charge on any atom is 0.387 e. The first-order chi connectivity index (χ1) is 9.65. The number of ether oxygens (including phenoxy) is 1. The molecule has 5 heteroatoms. The minimum absolute atomic E-state index is 0.0736. The van der Waals surface area contributed by atoms with E-state index in [-0.39, 0.29) is 11.8 Å². The van der Waals surface area contributed by atoms with Crippen molar-refractivity contribution in [2.75, 3.05) is 19.6 Å². The lowest BCUT2D eigenvalue weighted by atomic mass is 10.0. The van der Waals surface area contributed by atoms with Gasteiger partial charge in [-0.3, -0.25) is 4.90 Å². The van der Waals surface area contributed by atoms with Crippen LogP contribution in [-0.2, 0) is 0 Å². The Balaban J connectivity index is 2.20. The summed E-state index contributed by atoms with van der Waals surface area (Å²) in [6.07, 6.45) is 2.51. The van der Waals surface area contributed by atoms with Gasteiger partial charge >= 0.3 is 6.61 Å². The highest BCUT2D eigenvalue weighted by atomic mass is 19.3. The van der Waals surface area contributed by atoms with E-state index >= 15 is 0 Å². The third kappa shape index (κ3) is 3.90. The zero-order valence-electron chi connectivity index (χ0n) is 11.8. The van der Waals surface area contributed by atoms with Gasteiger partial charge in [0.25, 0.3) is 0 Å². The predicted octanol–water partition coefficient (Wildman–Crippen LogP) is 3.02. The molecular formula is C15H22F2N2O.